The first kappa shape index (κ1) is 13.5. The van der Waals surface area contributed by atoms with Crippen LogP contribution in [-0.2, 0) is 16.0 Å². The molecule has 1 aromatic heterocycles. The van der Waals surface area contributed by atoms with E-state index in [0.29, 0.717) is 30.7 Å². The lowest BCUT2D eigenvalue weighted by Gasteiger charge is -2.07. The number of ether oxygens (including phenoxy) is 2. The first-order valence-corrected chi connectivity index (χ1v) is 6.97. The molecule has 0 aliphatic carbocycles. The average Bonchev–Trinajstić information content (AvgIpc) is 3.03. The van der Waals surface area contributed by atoms with Crippen LogP contribution in [0.5, 0.6) is 0 Å². The van der Waals surface area contributed by atoms with E-state index in [2.05, 4.69) is 21.0 Å². The van der Waals surface area contributed by atoms with Crippen molar-refractivity contribution in [1.82, 2.24) is 9.78 Å². The monoisotopic (exact) mass is 341 g/mol. The van der Waals surface area contributed by atoms with E-state index in [1.165, 1.54) is 6.07 Å². The molecule has 3 rings (SSSR count). The lowest BCUT2D eigenvalue weighted by Crippen LogP contribution is -2.12. The Morgan fingerprint density at radius 2 is 2.20 bits per heavy atom. The topological polar surface area (TPSA) is 79.4 Å². The highest BCUT2D eigenvalue weighted by atomic mass is 79.9. The Kier molecular flexibility index (Phi) is 3.68. The van der Waals surface area contributed by atoms with Gasteiger partial charge in [-0.25, -0.2) is 0 Å². The Balaban J connectivity index is 1.81. The van der Waals surface area contributed by atoms with Crippen molar-refractivity contribution >= 4 is 32.5 Å². The third-order valence-corrected chi connectivity index (χ3v) is 3.74. The first-order valence-electron chi connectivity index (χ1n) is 6.18. The minimum absolute atomic E-state index is 0.0412. The zero-order chi connectivity index (χ0) is 14.1. The van der Waals surface area contributed by atoms with Gasteiger partial charge in [0.15, 0.2) is 6.29 Å². The van der Waals surface area contributed by atoms with Crippen molar-refractivity contribution in [2.24, 2.45) is 0 Å². The molecule has 0 amide bonds. The Morgan fingerprint density at radius 3 is 2.90 bits per heavy atom. The number of hydrogen-bond acceptors (Lipinski definition) is 5. The van der Waals surface area contributed by atoms with Crippen LogP contribution in [0.2, 0.25) is 0 Å². The standard InChI is InChI=1S/C12H12BrN3O4/c13-9-6-10-8(5-11(9)16(17)18)7-15(14-10)2-1-12-19-3-4-20-12/h5-7,12H,1-4H2. The number of nitrogens with zero attached hydrogens (tertiary/aromatic N) is 3. The molecular formula is C12H12BrN3O4. The summed E-state index contributed by atoms with van der Waals surface area (Å²) in [6.07, 6.45) is 2.32. The van der Waals surface area contributed by atoms with Gasteiger partial charge in [-0.15, -0.1) is 0 Å². The molecule has 7 nitrogen and oxygen atoms in total. The lowest BCUT2D eigenvalue weighted by molar-refractivity contribution is -0.385. The third kappa shape index (κ3) is 2.67. The number of rotatable bonds is 4. The summed E-state index contributed by atoms with van der Waals surface area (Å²) in [7, 11) is 0. The molecule has 0 atom stereocenters. The minimum Gasteiger partial charge on any atom is -0.350 e. The van der Waals surface area contributed by atoms with Gasteiger partial charge in [-0.3, -0.25) is 14.8 Å². The van der Waals surface area contributed by atoms with Gasteiger partial charge in [0, 0.05) is 30.6 Å². The number of benzene rings is 1. The van der Waals surface area contributed by atoms with Crippen LogP contribution in [0.25, 0.3) is 10.9 Å². The van der Waals surface area contributed by atoms with Gasteiger partial charge in [-0.05, 0) is 22.0 Å². The van der Waals surface area contributed by atoms with E-state index in [0.717, 1.165) is 10.9 Å². The van der Waals surface area contributed by atoms with Crippen molar-refractivity contribution in [3.63, 3.8) is 0 Å². The molecule has 0 spiro atoms. The van der Waals surface area contributed by atoms with Crippen molar-refractivity contribution in [3.05, 3.63) is 32.9 Å². The van der Waals surface area contributed by atoms with Crippen molar-refractivity contribution in [3.8, 4) is 0 Å². The average molecular weight is 342 g/mol. The van der Waals surface area contributed by atoms with Crippen LogP contribution in [0.4, 0.5) is 5.69 Å². The number of fused-ring (bicyclic) bond motifs is 1. The third-order valence-electron chi connectivity index (χ3n) is 3.10. The molecule has 1 aliphatic rings. The molecule has 2 aromatic rings. The molecule has 0 unspecified atom stereocenters. The normalized spacial score (nSPS) is 16.1. The smallest absolute Gasteiger partial charge is 0.284 e. The van der Waals surface area contributed by atoms with Gasteiger partial charge in [0.1, 0.15) is 0 Å². The van der Waals surface area contributed by atoms with E-state index in [9.17, 15) is 10.1 Å². The fourth-order valence-corrected chi connectivity index (χ4v) is 2.63. The number of aryl methyl sites for hydroxylation is 1. The maximum atomic E-state index is 10.9. The van der Waals surface area contributed by atoms with Crippen LogP contribution in [0.3, 0.4) is 0 Å². The van der Waals surface area contributed by atoms with Crippen LogP contribution in [0.15, 0.2) is 22.8 Å². The quantitative estimate of drug-likeness (QED) is 0.630. The van der Waals surface area contributed by atoms with Crippen molar-refractivity contribution in [1.29, 1.82) is 0 Å². The molecule has 1 aromatic carbocycles. The summed E-state index contributed by atoms with van der Waals surface area (Å²) in [5, 5.41) is 16.0. The molecule has 0 radical (unpaired) electrons. The molecule has 2 heterocycles. The number of nitro groups is 1. The summed E-state index contributed by atoms with van der Waals surface area (Å²) in [5.74, 6) is 0. The van der Waals surface area contributed by atoms with E-state index in [1.807, 2.05) is 0 Å². The first-order chi connectivity index (χ1) is 9.63. The molecular weight excluding hydrogens is 330 g/mol. The summed E-state index contributed by atoms with van der Waals surface area (Å²) in [4.78, 5) is 10.5. The van der Waals surface area contributed by atoms with E-state index in [-0.39, 0.29) is 12.0 Å². The molecule has 1 fully saturated rings. The second-order valence-electron chi connectivity index (χ2n) is 4.47. The summed E-state index contributed by atoms with van der Waals surface area (Å²) in [6, 6.07) is 3.18. The Hall–Kier alpha value is -1.51. The molecule has 1 saturated heterocycles. The van der Waals surface area contributed by atoms with Crippen LogP contribution in [0, 0.1) is 10.1 Å². The Bertz CT molecular complexity index is 651. The van der Waals surface area contributed by atoms with Crippen LogP contribution < -0.4 is 0 Å². The fourth-order valence-electron chi connectivity index (χ4n) is 2.15. The predicted molar refractivity (Wildman–Crippen MR) is 74.4 cm³/mol. The highest BCUT2D eigenvalue weighted by Crippen LogP contribution is 2.29. The van der Waals surface area contributed by atoms with Gasteiger partial charge in [0.2, 0.25) is 0 Å². The number of aromatic nitrogens is 2. The summed E-state index contributed by atoms with van der Waals surface area (Å²) >= 11 is 3.19. The molecule has 0 bridgehead atoms. The zero-order valence-electron chi connectivity index (χ0n) is 10.5. The van der Waals surface area contributed by atoms with Gasteiger partial charge < -0.3 is 9.47 Å². The number of hydrogen-bond donors (Lipinski definition) is 0. The summed E-state index contributed by atoms with van der Waals surface area (Å²) in [6.45, 7) is 1.90. The van der Waals surface area contributed by atoms with E-state index in [1.54, 1.807) is 16.9 Å². The minimum atomic E-state index is -0.416. The van der Waals surface area contributed by atoms with E-state index >= 15 is 0 Å². The molecule has 0 N–H and O–H groups in total. The van der Waals surface area contributed by atoms with Gasteiger partial charge >= 0.3 is 0 Å². The lowest BCUT2D eigenvalue weighted by atomic mass is 10.2. The predicted octanol–water partition coefficient (Wildman–Crippen LogP) is 2.47. The summed E-state index contributed by atoms with van der Waals surface area (Å²) in [5.41, 5.74) is 0.759. The second-order valence-corrected chi connectivity index (χ2v) is 5.33. The maximum Gasteiger partial charge on any atom is 0.284 e. The molecule has 8 heteroatoms. The van der Waals surface area contributed by atoms with Crippen molar-refractivity contribution in [2.45, 2.75) is 19.3 Å². The number of halogens is 1. The highest BCUT2D eigenvalue weighted by molar-refractivity contribution is 9.10. The van der Waals surface area contributed by atoms with E-state index in [4.69, 9.17) is 9.47 Å². The largest absolute Gasteiger partial charge is 0.350 e. The summed E-state index contributed by atoms with van der Waals surface area (Å²) < 4.78 is 12.9. The molecule has 106 valence electrons. The Labute approximate surface area is 122 Å². The van der Waals surface area contributed by atoms with Crippen molar-refractivity contribution in [2.75, 3.05) is 13.2 Å². The van der Waals surface area contributed by atoms with Crippen LogP contribution in [-0.4, -0.2) is 34.2 Å². The highest BCUT2D eigenvalue weighted by Gasteiger charge is 2.17. The maximum absolute atomic E-state index is 10.9. The van der Waals surface area contributed by atoms with E-state index < -0.39 is 4.92 Å². The van der Waals surface area contributed by atoms with Gasteiger partial charge in [-0.2, -0.15) is 5.10 Å². The van der Waals surface area contributed by atoms with Gasteiger partial charge in [0.05, 0.1) is 28.1 Å². The number of nitro benzene ring substituents is 1. The molecule has 1 aliphatic heterocycles. The van der Waals surface area contributed by atoms with Gasteiger partial charge in [0.25, 0.3) is 5.69 Å². The fraction of sp³-hybridized carbons (Fsp3) is 0.417. The van der Waals surface area contributed by atoms with Gasteiger partial charge in [-0.1, -0.05) is 0 Å². The molecule has 20 heavy (non-hydrogen) atoms. The Morgan fingerprint density at radius 1 is 1.45 bits per heavy atom. The zero-order valence-corrected chi connectivity index (χ0v) is 12.1. The molecule has 0 saturated carbocycles. The van der Waals surface area contributed by atoms with Crippen LogP contribution >= 0.6 is 15.9 Å². The van der Waals surface area contributed by atoms with Crippen LogP contribution in [0.1, 0.15) is 6.42 Å². The second kappa shape index (κ2) is 5.47. The van der Waals surface area contributed by atoms with Crippen molar-refractivity contribution < 1.29 is 14.4 Å². The SMILES string of the molecule is O=[N+]([O-])c1cc2cn(CCC3OCCO3)nc2cc1Br.